The Labute approximate surface area is 141 Å². The lowest BCUT2D eigenvalue weighted by Crippen LogP contribution is -2.41. The Bertz CT molecular complexity index is 610. The van der Waals surface area contributed by atoms with Crippen LogP contribution in [0, 0.1) is 5.92 Å². The fourth-order valence-electron chi connectivity index (χ4n) is 2.79. The quantitative estimate of drug-likeness (QED) is 0.800. The van der Waals surface area contributed by atoms with E-state index in [1.807, 2.05) is 13.8 Å². The van der Waals surface area contributed by atoms with Crippen molar-refractivity contribution in [3.8, 4) is 0 Å². The summed E-state index contributed by atoms with van der Waals surface area (Å²) in [4.78, 5) is 36.9. The van der Waals surface area contributed by atoms with Gasteiger partial charge in [-0.2, -0.15) is 0 Å². The Morgan fingerprint density at radius 1 is 1.25 bits per heavy atom. The molecule has 1 saturated heterocycles. The number of aliphatic carboxylic acids is 1. The molecular weight excluding hydrogens is 308 g/mol. The number of hydrogen-bond donors (Lipinski definition) is 2. The topological polar surface area (TPSA) is 86.7 Å². The van der Waals surface area contributed by atoms with Gasteiger partial charge in [0.15, 0.2) is 0 Å². The van der Waals surface area contributed by atoms with Crippen LogP contribution in [0.15, 0.2) is 24.3 Å². The molecule has 0 aliphatic carbocycles. The SMILES string of the molecule is CC(C)C[C@H](NC(=O)c1ccc(CN2CCCC2=O)cc1)C(=O)O. The van der Waals surface area contributed by atoms with Gasteiger partial charge in [-0.05, 0) is 36.5 Å². The highest BCUT2D eigenvalue weighted by atomic mass is 16.4. The summed E-state index contributed by atoms with van der Waals surface area (Å²) in [6.07, 6.45) is 1.88. The Hall–Kier alpha value is -2.37. The van der Waals surface area contributed by atoms with Crippen molar-refractivity contribution in [2.45, 2.75) is 45.7 Å². The predicted octanol–water partition coefficient (Wildman–Crippen LogP) is 2.04. The van der Waals surface area contributed by atoms with Gasteiger partial charge in [-0.25, -0.2) is 4.79 Å². The number of carbonyl (C=O) groups is 3. The van der Waals surface area contributed by atoms with E-state index in [9.17, 15) is 19.5 Å². The third-order valence-electron chi connectivity index (χ3n) is 4.07. The maximum Gasteiger partial charge on any atom is 0.326 e. The molecule has 0 spiro atoms. The van der Waals surface area contributed by atoms with Crippen LogP contribution in [0.5, 0.6) is 0 Å². The normalized spacial score (nSPS) is 15.6. The summed E-state index contributed by atoms with van der Waals surface area (Å²) in [6, 6.07) is 6.05. The van der Waals surface area contributed by atoms with E-state index in [0.717, 1.165) is 18.5 Å². The monoisotopic (exact) mass is 332 g/mol. The summed E-state index contributed by atoms with van der Waals surface area (Å²) in [5.41, 5.74) is 1.38. The van der Waals surface area contributed by atoms with Crippen LogP contribution in [0.4, 0.5) is 0 Å². The average molecular weight is 332 g/mol. The van der Waals surface area contributed by atoms with Crippen LogP contribution in [0.25, 0.3) is 0 Å². The van der Waals surface area contributed by atoms with Crippen molar-refractivity contribution < 1.29 is 19.5 Å². The first kappa shape index (κ1) is 18.0. The van der Waals surface area contributed by atoms with Crippen molar-refractivity contribution in [2.75, 3.05) is 6.54 Å². The molecule has 0 aromatic heterocycles. The molecule has 0 radical (unpaired) electrons. The smallest absolute Gasteiger partial charge is 0.326 e. The van der Waals surface area contributed by atoms with E-state index in [-0.39, 0.29) is 11.8 Å². The Morgan fingerprint density at radius 2 is 1.92 bits per heavy atom. The van der Waals surface area contributed by atoms with E-state index < -0.39 is 17.9 Å². The van der Waals surface area contributed by atoms with Crippen LogP contribution >= 0.6 is 0 Å². The Balaban J connectivity index is 1.97. The molecule has 0 unspecified atom stereocenters. The molecule has 1 aromatic carbocycles. The van der Waals surface area contributed by atoms with Gasteiger partial charge < -0.3 is 15.3 Å². The van der Waals surface area contributed by atoms with Gasteiger partial charge in [0.2, 0.25) is 5.91 Å². The number of carboxylic acids is 1. The van der Waals surface area contributed by atoms with Crippen molar-refractivity contribution in [3.63, 3.8) is 0 Å². The zero-order valence-electron chi connectivity index (χ0n) is 14.1. The van der Waals surface area contributed by atoms with Gasteiger partial charge in [0.1, 0.15) is 6.04 Å². The molecule has 0 saturated carbocycles. The largest absolute Gasteiger partial charge is 0.480 e. The summed E-state index contributed by atoms with van der Waals surface area (Å²) in [7, 11) is 0. The number of nitrogens with one attached hydrogen (secondary N) is 1. The second kappa shape index (κ2) is 7.95. The van der Waals surface area contributed by atoms with Crippen molar-refractivity contribution in [2.24, 2.45) is 5.92 Å². The highest BCUT2D eigenvalue weighted by Crippen LogP contribution is 2.15. The molecule has 2 amide bonds. The number of rotatable bonds is 7. The van der Waals surface area contributed by atoms with Gasteiger partial charge in [-0.3, -0.25) is 9.59 Å². The third kappa shape index (κ3) is 4.81. The van der Waals surface area contributed by atoms with E-state index in [2.05, 4.69) is 5.32 Å². The number of likely N-dealkylation sites (tertiary alicyclic amines) is 1. The first-order valence-electron chi connectivity index (χ1n) is 8.27. The summed E-state index contributed by atoms with van der Waals surface area (Å²) in [5, 5.41) is 11.8. The number of benzene rings is 1. The highest BCUT2D eigenvalue weighted by molar-refractivity contribution is 5.96. The highest BCUT2D eigenvalue weighted by Gasteiger charge is 2.22. The minimum atomic E-state index is -1.03. The van der Waals surface area contributed by atoms with E-state index in [4.69, 9.17) is 0 Å². The first-order chi connectivity index (χ1) is 11.4. The number of carbonyl (C=O) groups excluding carboxylic acids is 2. The zero-order valence-corrected chi connectivity index (χ0v) is 14.1. The lowest BCUT2D eigenvalue weighted by Gasteiger charge is -2.17. The van der Waals surface area contributed by atoms with Crippen molar-refractivity contribution in [1.82, 2.24) is 10.2 Å². The molecule has 1 fully saturated rings. The molecule has 0 bridgehead atoms. The standard InChI is InChI=1S/C18H24N2O4/c1-12(2)10-15(18(23)24)19-17(22)14-7-5-13(6-8-14)11-20-9-3-4-16(20)21/h5-8,12,15H,3-4,9-11H2,1-2H3,(H,19,22)(H,23,24)/t15-/m0/s1. The van der Waals surface area contributed by atoms with Crippen LogP contribution in [0.1, 0.15) is 49.0 Å². The van der Waals surface area contributed by atoms with E-state index in [0.29, 0.717) is 24.9 Å². The van der Waals surface area contributed by atoms with Crippen LogP contribution < -0.4 is 5.32 Å². The van der Waals surface area contributed by atoms with Gasteiger partial charge in [0, 0.05) is 25.1 Å². The number of amides is 2. The van der Waals surface area contributed by atoms with Crippen LogP contribution in [-0.2, 0) is 16.1 Å². The zero-order chi connectivity index (χ0) is 17.7. The number of hydrogen-bond acceptors (Lipinski definition) is 3. The molecule has 1 aliphatic rings. The fourth-order valence-corrected chi connectivity index (χ4v) is 2.79. The molecule has 2 rings (SSSR count). The summed E-state index contributed by atoms with van der Waals surface area (Å²) in [5.74, 6) is -1.09. The molecule has 24 heavy (non-hydrogen) atoms. The minimum Gasteiger partial charge on any atom is -0.480 e. The predicted molar refractivity (Wildman–Crippen MR) is 89.4 cm³/mol. The number of nitrogens with zero attached hydrogens (tertiary/aromatic N) is 1. The third-order valence-corrected chi connectivity index (χ3v) is 4.07. The molecule has 2 N–H and O–H groups in total. The Kier molecular flexibility index (Phi) is 5.95. The first-order valence-corrected chi connectivity index (χ1v) is 8.27. The second-order valence-electron chi connectivity index (χ2n) is 6.61. The van der Waals surface area contributed by atoms with Crippen LogP contribution in [0.2, 0.25) is 0 Å². The van der Waals surface area contributed by atoms with E-state index in [1.54, 1.807) is 29.2 Å². The van der Waals surface area contributed by atoms with E-state index >= 15 is 0 Å². The van der Waals surface area contributed by atoms with Crippen LogP contribution in [-0.4, -0.2) is 40.4 Å². The van der Waals surface area contributed by atoms with Crippen LogP contribution in [0.3, 0.4) is 0 Å². The minimum absolute atomic E-state index is 0.162. The molecule has 1 aromatic rings. The molecule has 6 heteroatoms. The maximum absolute atomic E-state index is 12.2. The second-order valence-corrected chi connectivity index (χ2v) is 6.61. The van der Waals surface area contributed by atoms with Crippen molar-refractivity contribution in [1.29, 1.82) is 0 Å². The van der Waals surface area contributed by atoms with Gasteiger partial charge in [0.05, 0.1) is 0 Å². The summed E-state index contributed by atoms with van der Waals surface area (Å²) < 4.78 is 0. The summed E-state index contributed by atoms with van der Waals surface area (Å²) in [6.45, 7) is 5.15. The molecule has 1 aliphatic heterocycles. The maximum atomic E-state index is 12.2. The molecule has 130 valence electrons. The molecular formula is C18H24N2O4. The molecule has 6 nitrogen and oxygen atoms in total. The Morgan fingerprint density at radius 3 is 2.42 bits per heavy atom. The average Bonchev–Trinajstić information content (AvgIpc) is 2.92. The molecule has 1 heterocycles. The molecule has 1 atom stereocenters. The van der Waals surface area contributed by atoms with Gasteiger partial charge in [-0.1, -0.05) is 26.0 Å². The lowest BCUT2D eigenvalue weighted by atomic mass is 10.0. The van der Waals surface area contributed by atoms with Crippen molar-refractivity contribution >= 4 is 17.8 Å². The van der Waals surface area contributed by atoms with E-state index in [1.165, 1.54) is 0 Å². The fraction of sp³-hybridized carbons (Fsp3) is 0.500. The van der Waals surface area contributed by atoms with Gasteiger partial charge in [-0.15, -0.1) is 0 Å². The summed E-state index contributed by atoms with van der Waals surface area (Å²) >= 11 is 0. The van der Waals surface area contributed by atoms with Gasteiger partial charge >= 0.3 is 5.97 Å². The number of carboxylic acid groups (broad SMARTS) is 1. The van der Waals surface area contributed by atoms with Crippen molar-refractivity contribution in [3.05, 3.63) is 35.4 Å². The van der Waals surface area contributed by atoms with Gasteiger partial charge in [0.25, 0.3) is 5.91 Å². The lowest BCUT2D eigenvalue weighted by molar-refractivity contribution is -0.139.